The molecule has 5 nitrogen and oxygen atoms in total. The van der Waals surface area contributed by atoms with Crippen LogP contribution in [0.4, 0.5) is 0 Å². The van der Waals surface area contributed by atoms with Gasteiger partial charge in [-0.2, -0.15) is 0 Å². The SMILES string of the molecule is CCN(Cc1nnc(C)n1C)C1CCCC1CN. The van der Waals surface area contributed by atoms with Gasteiger partial charge >= 0.3 is 0 Å². The lowest BCUT2D eigenvalue weighted by molar-refractivity contribution is 0.157. The van der Waals surface area contributed by atoms with Crippen molar-refractivity contribution in [3.63, 3.8) is 0 Å². The quantitative estimate of drug-likeness (QED) is 0.850. The molecule has 1 aromatic rings. The molecule has 0 saturated heterocycles. The first kappa shape index (κ1) is 13.5. The normalized spacial score (nSPS) is 24.1. The average molecular weight is 251 g/mol. The number of hydrogen-bond acceptors (Lipinski definition) is 4. The largest absolute Gasteiger partial charge is 0.330 e. The molecule has 2 unspecified atom stereocenters. The summed E-state index contributed by atoms with van der Waals surface area (Å²) in [4.78, 5) is 2.51. The summed E-state index contributed by atoms with van der Waals surface area (Å²) in [6.07, 6.45) is 3.85. The topological polar surface area (TPSA) is 60.0 Å². The second kappa shape index (κ2) is 5.80. The van der Waals surface area contributed by atoms with Crippen molar-refractivity contribution >= 4 is 0 Å². The predicted octanol–water partition coefficient (Wildman–Crippen LogP) is 1.07. The molecule has 1 heterocycles. The Bertz CT molecular complexity index is 387. The Morgan fingerprint density at radius 1 is 1.39 bits per heavy atom. The van der Waals surface area contributed by atoms with E-state index in [1.807, 2.05) is 14.0 Å². The minimum absolute atomic E-state index is 0.622. The Morgan fingerprint density at radius 3 is 2.72 bits per heavy atom. The standard InChI is InChI=1S/C13H25N5/c1-4-18(12-7-5-6-11(12)8-14)9-13-16-15-10(2)17(13)3/h11-12H,4-9,14H2,1-3H3. The maximum Gasteiger partial charge on any atom is 0.146 e. The number of rotatable bonds is 5. The van der Waals surface area contributed by atoms with Crippen LogP contribution in [0.1, 0.15) is 37.8 Å². The molecule has 2 atom stereocenters. The molecule has 0 spiro atoms. The molecule has 1 aliphatic carbocycles. The molecule has 0 amide bonds. The van der Waals surface area contributed by atoms with Crippen molar-refractivity contribution in [1.29, 1.82) is 0 Å². The van der Waals surface area contributed by atoms with Gasteiger partial charge in [0.25, 0.3) is 0 Å². The third-order valence-corrected chi connectivity index (χ3v) is 4.32. The van der Waals surface area contributed by atoms with Gasteiger partial charge in [-0.3, -0.25) is 4.90 Å². The molecule has 5 heteroatoms. The molecule has 2 N–H and O–H groups in total. The van der Waals surface area contributed by atoms with Crippen LogP contribution in [0.15, 0.2) is 0 Å². The van der Waals surface area contributed by atoms with Gasteiger partial charge in [0.15, 0.2) is 0 Å². The zero-order valence-corrected chi connectivity index (χ0v) is 11.8. The fraction of sp³-hybridized carbons (Fsp3) is 0.846. The highest BCUT2D eigenvalue weighted by Crippen LogP contribution is 2.29. The number of aryl methyl sites for hydroxylation is 1. The number of aromatic nitrogens is 3. The molecule has 0 radical (unpaired) electrons. The van der Waals surface area contributed by atoms with E-state index in [0.717, 1.165) is 31.3 Å². The summed E-state index contributed by atoms with van der Waals surface area (Å²) in [6.45, 7) is 6.95. The molecule has 1 aromatic heterocycles. The molecule has 18 heavy (non-hydrogen) atoms. The highest BCUT2D eigenvalue weighted by atomic mass is 15.3. The van der Waals surface area contributed by atoms with Crippen molar-refractivity contribution in [1.82, 2.24) is 19.7 Å². The van der Waals surface area contributed by atoms with Crippen molar-refractivity contribution in [2.24, 2.45) is 18.7 Å². The molecule has 1 fully saturated rings. The smallest absolute Gasteiger partial charge is 0.146 e. The zero-order chi connectivity index (χ0) is 13.1. The van der Waals surface area contributed by atoms with Crippen LogP contribution < -0.4 is 5.73 Å². The Morgan fingerprint density at radius 2 is 2.17 bits per heavy atom. The van der Waals surface area contributed by atoms with E-state index in [1.54, 1.807) is 0 Å². The second-order valence-corrected chi connectivity index (χ2v) is 5.28. The highest BCUT2D eigenvalue weighted by molar-refractivity contribution is 4.95. The van der Waals surface area contributed by atoms with Crippen molar-refractivity contribution in [2.45, 2.75) is 45.7 Å². The van der Waals surface area contributed by atoms with E-state index in [0.29, 0.717) is 12.0 Å². The lowest BCUT2D eigenvalue weighted by atomic mass is 10.0. The molecular formula is C13H25N5. The molecule has 102 valence electrons. The van der Waals surface area contributed by atoms with Crippen molar-refractivity contribution in [2.75, 3.05) is 13.1 Å². The van der Waals surface area contributed by atoms with Gasteiger partial charge in [-0.25, -0.2) is 0 Å². The second-order valence-electron chi connectivity index (χ2n) is 5.28. The summed E-state index contributed by atoms with van der Waals surface area (Å²) in [5.41, 5.74) is 5.88. The predicted molar refractivity (Wildman–Crippen MR) is 72.0 cm³/mol. The van der Waals surface area contributed by atoms with Crippen molar-refractivity contribution < 1.29 is 0 Å². The van der Waals surface area contributed by atoms with Crippen LogP contribution in [0.5, 0.6) is 0 Å². The Labute approximate surface area is 109 Å². The molecule has 0 bridgehead atoms. The van der Waals surface area contributed by atoms with Crippen LogP contribution in [0.3, 0.4) is 0 Å². The van der Waals surface area contributed by atoms with E-state index < -0.39 is 0 Å². The fourth-order valence-electron chi connectivity index (χ4n) is 3.01. The highest BCUT2D eigenvalue weighted by Gasteiger charge is 2.31. The summed E-state index contributed by atoms with van der Waals surface area (Å²) in [7, 11) is 2.04. The number of nitrogens with two attached hydrogens (primary N) is 1. The van der Waals surface area contributed by atoms with Crippen molar-refractivity contribution in [3.05, 3.63) is 11.6 Å². The van der Waals surface area contributed by atoms with Gasteiger partial charge in [0.1, 0.15) is 11.6 Å². The minimum Gasteiger partial charge on any atom is -0.330 e. The lowest BCUT2D eigenvalue weighted by Crippen LogP contribution is -2.40. The van der Waals surface area contributed by atoms with Gasteiger partial charge in [0.2, 0.25) is 0 Å². The molecule has 0 aromatic carbocycles. The van der Waals surface area contributed by atoms with E-state index in [9.17, 15) is 0 Å². The van der Waals surface area contributed by atoms with E-state index in [-0.39, 0.29) is 0 Å². The van der Waals surface area contributed by atoms with Crippen LogP contribution in [-0.4, -0.2) is 38.8 Å². The summed E-state index contributed by atoms with van der Waals surface area (Å²) >= 11 is 0. The first-order valence-corrected chi connectivity index (χ1v) is 6.96. The summed E-state index contributed by atoms with van der Waals surface area (Å²) in [5.74, 6) is 2.68. The van der Waals surface area contributed by atoms with Gasteiger partial charge in [-0.15, -0.1) is 10.2 Å². The van der Waals surface area contributed by atoms with E-state index in [1.165, 1.54) is 19.3 Å². The van der Waals surface area contributed by atoms with Gasteiger partial charge in [-0.1, -0.05) is 13.3 Å². The van der Waals surface area contributed by atoms with E-state index >= 15 is 0 Å². The summed E-state index contributed by atoms with van der Waals surface area (Å²) in [5, 5.41) is 8.40. The number of nitrogens with zero attached hydrogens (tertiary/aromatic N) is 4. The fourth-order valence-corrected chi connectivity index (χ4v) is 3.01. The van der Waals surface area contributed by atoms with Crippen LogP contribution in [0, 0.1) is 12.8 Å². The van der Waals surface area contributed by atoms with Crippen molar-refractivity contribution in [3.8, 4) is 0 Å². The molecular weight excluding hydrogens is 226 g/mol. The molecule has 0 aliphatic heterocycles. The lowest BCUT2D eigenvalue weighted by Gasteiger charge is -2.31. The minimum atomic E-state index is 0.622. The summed E-state index contributed by atoms with van der Waals surface area (Å²) in [6, 6.07) is 0.622. The van der Waals surface area contributed by atoms with Gasteiger partial charge in [-0.05, 0) is 38.8 Å². The Balaban J connectivity index is 2.07. The van der Waals surface area contributed by atoms with Gasteiger partial charge in [0, 0.05) is 13.1 Å². The summed E-state index contributed by atoms with van der Waals surface area (Å²) < 4.78 is 2.08. The third-order valence-electron chi connectivity index (χ3n) is 4.32. The first-order chi connectivity index (χ1) is 8.67. The Hall–Kier alpha value is -0.940. The maximum atomic E-state index is 5.88. The zero-order valence-electron chi connectivity index (χ0n) is 11.8. The van der Waals surface area contributed by atoms with E-state index in [4.69, 9.17) is 5.73 Å². The van der Waals surface area contributed by atoms with Crippen LogP contribution in [0.2, 0.25) is 0 Å². The van der Waals surface area contributed by atoms with Crippen LogP contribution in [0.25, 0.3) is 0 Å². The monoisotopic (exact) mass is 251 g/mol. The molecule has 1 saturated carbocycles. The Kier molecular flexibility index (Phi) is 4.35. The number of hydrogen-bond donors (Lipinski definition) is 1. The van der Waals surface area contributed by atoms with Crippen LogP contribution in [-0.2, 0) is 13.6 Å². The average Bonchev–Trinajstić information content (AvgIpc) is 2.96. The van der Waals surface area contributed by atoms with Gasteiger partial charge < -0.3 is 10.3 Å². The first-order valence-electron chi connectivity index (χ1n) is 6.96. The van der Waals surface area contributed by atoms with Crippen LogP contribution >= 0.6 is 0 Å². The molecule has 1 aliphatic rings. The third kappa shape index (κ3) is 2.57. The van der Waals surface area contributed by atoms with E-state index in [2.05, 4.69) is 26.6 Å². The van der Waals surface area contributed by atoms with Gasteiger partial charge in [0.05, 0.1) is 6.54 Å². The maximum absolute atomic E-state index is 5.88. The molecule has 2 rings (SSSR count).